The number of hydrogen-bond acceptors (Lipinski definition) is 5. The third-order valence-electron chi connectivity index (χ3n) is 5.28. The highest BCUT2D eigenvalue weighted by molar-refractivity contribution is 5.95. The number of rotatable bonds is 10. The van der Waals surface area contributed by atoms with Gasteiger partial charge < -0.3 is 10.2 Å². The SMILES string of the molecule is N#CCCN(C(=O)CCC(=O)NCCCn1nc2n(c1=O)CCCC2)c1ccccc1. The van der Waals surface area contributed by atoms with Gasteiger partial charge in [-0.3, -0.25) is 14.2 Å². The largest absolute Gasteiger partial charge is 0.356 e. The van der Waals surface area contributed by atoms with E-state index in [2.05, 4.69) is 16.5 Å². The molecule has 2 amide bonds. The number of nitrogens with one attached hydrogen (secondary N) is 1. The maximum absolute atomic E-state index is 12.6. The molecular weight excluding hydrogens is 396 g/mol. The van der Waals surface area contributed by atoms with E-state index in [-0.39, 0.29) is 36.8 Å². The number of benzene rings is 1. The van der Waals surface area contributed by atoms with Gasteiger partial charge in [0.1, 0.15) is 5.82 Å². The van der Waals surface area contributed by atoms with Crippen molar-refractivity contribution >= 4 is 17.5 Å². The van der Waals surface area contributed by atoms with Gasteiger partial charge in [0.2, 0.25) is 11.8 Å². The fourth-order valence-electron chi connectivity index (χ4n) is 3.66. The quantitative estimate of drug-likeness (QED) is 0.582. The Hall–Kier alpha value is -3.41. The van der Waals surface area contributed by atoms with E-state index in [1.807, 2.05) is 30.3 Å². The number of para-hydroxylation sites is 1. The molecule has 0 bridgehead atoms. The van der Waals surface area contributed by atoms with Crippen LogP contribution in [0.3, 0.4) is 0 Å². The number of carbonyl (C=O) groups is 2. The molecule has 31 heavy (non-hydrogen) atoms. The number of fused-ring (bicyclic) bond motifs is 1. The highest BCUT2D eigenvalue weighted by Crippen LogP contribution is 2.15. The maximum atomic E-state index is 12.6. The molecule has 1 N–H and O–H groups in total. The van der Waals surface area contributed by atoms with Gasteiger partial charge in [-0.05, 0) is 31.4 Å². The summed E-state index contributed by atoms with van der Waals surface area (Å²) in [7, 11) is 0. The molecule has 3 rings (SSSR count). The van der Waals surface area contributed by atoms with Gasteiger partial charge in [0.25, 0.3) is 0 Å². The first-order valence-corrected chi connectivity index (χ1v) is 10.8. The molecule has 9 nitrogen and oxygen atoms in total. The number of hydrogen-bond donors (Lipinski definition) is 1. The fraction of sp³-hybridized carbons (Fsp3) is 0.500. The topological polar surface area (TPSA) is 113 Å². The lowest BCUT2D eigenvalue weighted by Crippen LogP contribution is -2.33. The average molecular weight is 425 g/mol. The van der Waals surface area contributed by atoms with Crippen LogP contribution in [-0.2, 0) is 29.1 Å². The third-order valence-corrected chi connectivity index (χ3v) is 5.28. The minimum atomic E-state index is -0.210. The van der Waals surface area contributed by atoms with E-state index in [9.17, 15) is 14.4 Å². The number of nitrogens with zero attached hydrogens (tertiary/aromatic N) is 5. The van der Waals surface area contributed by atoms with Gasteiger partial charge >= 0.3 is 5.69 Å². The van der Waals surface area contributed by atoms with E-state index in [0.717, 1.165) is 37.3 Å². The molecule has 0 radical (unpaired) electrons. The first-order chi connectivity index (χ1) is 15.1. The molecular formula is C22H28N6O3. The predicted octanol–water partition coefficient (Wildman–Crippen LogP) is 1.61. The minimum Gasteiger partial charge on any atom is -0.356 e. The molecule has 1 aliphatic rings. The van der Waals surface area contributed by atoms with Gasteiger partial charge in [-0.2, -0.15) is 10.4 Å². The normalized spacial score (nSPS) is 12.6. The maximum Gasteiger partial charge on any atom is 0.345 e. The molecule has 2 heterocycles. The molecule has 0 unspecified atom stereocenters. The van der Waals surface area contributed by atoms with Gasteiger partial charge in [0, 0.05) is 51.1 Å². The van der Waals surface area contributed by atoms with Gasteiger partial charge in [-0.1, -0.05) is 18.2 Å². The van der Waals surface area contributed by atoms with Crippen molar-refractivity contribution in [2.45, 2.75) is 58.0 Å². The van der Waals surface area contributed by atoms with Crippen LogP contribution < -0.4 is 15.9 Å². The molecule has 0 saturated carbocycles. The number of aryl methyl sites for hydroxylation is 2. The van der Waals surface area contributed by atoms with Crippen molar-refractivity contribution in [2.75, 3.05) is 18.0 Å². The highest BCUT2D eigenvalue weighted by Gasteiger charge is 2.18. The van der Waals surface area contributed by atoms with Crippen molar-refractivity contribution in [1.29, 1.82) is 5.26 Å². The molecule has 0 atom stereocenters. The van der Waals surface area contributed by atoms with Crippen LogP contribution in [0.25, 0.3) is 0 Å². The molecule has 1 aromatic heterocycles. The Bertz CT molecular complexity index is 989. The molecule has 2 aromatic rings. The van der Waals surface area contributed by atoms with Crippen LogP contribution in [-0.4, -0.2) is 39.3 Å². The summed E-state index contributed by atoms with van der Waals surface area (Å²) in [5, 5.41) is 16.0. The summed E-state index contributed by atoms with van der Waals surface area (Å²) in [5.74, 6) is 0.447. The monoisotopic (exact) mass is 424 g/mol. The lowest BCUT2D eigenvalue weighted by atomic mass is 10.2. The fourth-order valence-corrected chi connectivity index (χ4v) is 3.66. The second-order valence-corrected chi connectivity index (χ2v) is 7.52. The van der Waals surface area contributed by atoms with Crippen LogP contribution in [0.2, 0.25) is 0 Å². The van der Waals surface area contributed by atoms with E-state index >= 15 is 0 Å². The van der Waals surface area contributed by atoms with Gasteiger partial charge in [-0.25, -0.2) is 9.48 Å². The van der Waals surface area contributed by atoms with Gasteiger partial charge in [0.05, 0.1) is 12.5 Å². The van der Waals surface area contributed by atoms with E-state index in [0.29, 0.717) is 26.1 Å². The summed E-state index contributed by atoms with van der Waals surface area (Å²) in [4.78, 5) is 38.6. The number of carbonyl (C=O) groups excluding carboxylic acids is 2. The van der Waals surface area contributed by atoms with Crippen LogP contribution in [0, 0.1) is 11.3 Å². The van der Waals surface area contributed by atoms with Crippen molar-refractivity contribution in [3.63, 3.8) is 0 Å². The van der Waals surface area contributed by atoms with Crippen LogP contribution >= 0.6 is 0 Å². The summed E-state index contributed by atoms with van der Waals surface area (Å²) < 4.78 is 3.21. The van der Waals surface area contributed by atoms with Crippen molar-refractivity contribution in [1.82, 2.24) is 19.7 Å². The summed E-state index contributed by atoms with van der Waals surface area (Å²) in [6.07, 6.45) is 3.86. The number of amides is 2. The number of nitriles is 1. The number of aromatic nitrogens is 3. The molecule has 1 aliphatic heterocycles. The Morgan fingerprint density at radius 2 is 2.00 bits per heavy atom. The molecule has 1 aromatic carbocycles. The minimum absolute atomic E-state index is 0.0688. The standard InChI is InChI=1S/C22H28N6O3/c23-13-6-16-26(18-8-2-1-3-9-18)21(30)12-11-20(29)24-14-7-17-28-22(31)27-15-5-4-10-19(27)25-28/h1-3,8-9H,4-7,10-12,14-17H2,(H,24,29). The van der Waals surface area contributed by atoms with Crippen LogP contribution in [0.5, 0.6) is 0 Å². The van der Waals surface area contributed by atoms with Gasteiger partial charge in [-0.15, -0.1) is 0 Å². The zero-order valence-electron chi connectivity index (χ0n) is 17.6. The summed E-state index contributed by atoms with van der Waals surface area (Å²) in [6, 6.07) is 11.2. The molecule has 0 saturated heterocycles. The van der Waals surface area contributed by atoms with Crippen LogP contribution in [0.4, 0.5) is 5.69 Å². The van der Waals surface area contributed by atoms with Crippen LogP contribution in [0.1, 0.15) is 44.3 Å². The smallest absolute Gasteiger partial charge is 0.345 e. The van der Waals surface area contributed by atoms with E-state index in [4.69, 9.17) is 5.26 Å². The lowest BCUT2D eigenvalue weighted by Gasteiger charge is -2.21. The predicted molar refractivity (Wildman–Crippen MR) is 115 cm³/mol. The van der Waals surface area contributed by atoms with Crippen molar-refractivity contribution in [2.24, 2.45) is 0 Å². The Morgan fingerprint density at radius 1 is 1.19 bits per heavy atom. The molecule has 164 valence electrons. The molecule has 0 spiro atoms. The first kappa shape index (κ1) is 22.3. The lowest BCUT2D eigenvalue weighted by molar-refractivity contribution is -0.125. The first-order valence-electron chi connectivity index (χ1n) is 10.8. The summed E-state index contributed by atoms with van der Waals surface area (Å²) in [5.41, 5.74) is 0.640. The average Bonchev–Trinajstić information content (AvgIpc) is 3.12. The zero-order valence-corrected chi connectivity index (χ0v) is 17.6. The Morgan fingerprint density at radius 3 is 2.74 bits per heavy atom. The highest BCUT2D eigenvalue weighted by atomic mass is 16.2. The Labute approximate surface area is 181 Å². The summed E-state index contributed by atoms with van der Waals surface area (Å²) >= 11 is 0. The van der Waals surface area contributed by atoms with E-state index < -0.39 is 0 Å². The van der Waals surface area contributed by atoms with Crippen molar-refractivity contribution in [3.05, 3.63) is 46.6 Å². The summed E-state index contributed by atoms with van der Waals surface area (Å²) in [6.45, 7) is 1.89. The molecule has 0 aliphatic carbocycles. The third kappa shape index (κ3) is 6.04. The Balaban J connectivity index is 1.41. The van der Waals surface area contributed by atoms with E-state index in [1.165, 1.54) is 4.68 Å². The zero-order chi connectivity index (χ0) is 22.1. The van der Waals surface area contributed by atoms with Crippen molar-refractivity contribution in [3.8, 4) is 6.07 Å². The van der Waals surface area contributed by atoms with Gasteiger partial charge in [0.15, 0.2) is 0 Å². The van der Waals surface area contributed by atoms with Crippen LogP contribution in [0.15, 0.2) is 35.1 Å². The van der Waals surface area contributed by atoms with E-state index in [1.54, 1.807) is 9.47 Å². The molecule has 0 fully saturated rings. The number of anilines is 1. The Kier molecular flexibility index (Phi) is 7.98. The second kappa shape index (κ2) is 11.1. The second-order valence-electron chi connectivity index (χ2n) is 7.52. The van der Waals surface area contributed by atoms with Crippen molar-refractivity contribution < 1.29 is 9.59 Å². The molecule has 9 heteroatoms.